The summed E-state index contributed by atoms with van der Waals surface area (Å²) >= 11 is 7.55. The lowest BCUT2D eigenvalue weighted by Gasteiger charge is -2.18. The monoisotopic (exact) mass is 251 g/mol. The highest BCUT2D eigenvalue weighted by atomic mass is 35.5. The summed E-state index contributed by atoms with van der Waals surface area (Å²) < 4.78 is 0.854. The van der Waals surface area contributed by atoms with Gasteiger partial charge < -0.3 is 4.90 Å². The Labute approximate surface area is 105 Å². The number of benzene rings is 1. The molecule has 1 aromatic heterocycles. The Kier molecular flexibility index (Phi) is 3.52. The van der Waals surface area contributed by atoms with Crippen molar-refractivity contribution in [2.24, 2.45) is 0 Å². The van der Waals surface area contributed by atoms with Gasteiger partial charge in [0.25, 0.3) is 0 Å². The predicted octanol–water partition coefficient (Wildman–Crippen LogP) is 4.35. The maximum Gasteiger partial charge on any atom is 0.0931 e. The van der Waals surface area contributed by atoms with Crippen LogP contribution in [-0.4, -0.2) is 7.05 Å². The molecular weight excluding hydrogens is 238 g/mol. The molecule has 16 heavy (non-hydrogen) atoms. The molecule has 1 aromatic carbocycles. The van der Waals surface area contributed by atoms with E-state index in [1.807, 2.05) is 6.07 Å². The van der Waals surface area contributed by atoms with Crippen molar-refractivity contribution in [3.63, 3.8) is 0 Å². The lowest BCUT2D eigenvalue weighted by atomic mass is 10.2. The van der Waals surface area contributed by atoms with Crippen molar-refractivity contribution >= 4 is 28.6 Å². The van der Waals surface area contributed by atoms with Gasteiger partial charge in [-0.05, 0) is 36.8 Å². The van der Waals surface area contributed by atoms with Crippen molar-refractivity contribution in [1.29, 1.82) is 0 Å². The highest BCUT2D eigenvalue weighted by Crippen LogP contribution is 2.24. The van der Waals surface area contributed by atoms with Gasteiger partial charge in [-0.25, -0.2) is 0 Å². The van der Waals surface area contributed by atoms with Gasteiger partial charge in [-0.3, -0.25) is 0 Å². The molecule has 0 aliphatic rings. The van der Waals surface area contributed by atoms with Crippen LogP contribution >= 0.6 is 22.9 Å². The third kappa shape index (κ3) is 2.77. The molecule has 0 N–H and O–H groups in total. The van der Waals surface area contributed by atoms with Crippen molar-refractivity contribution in [2.75, 3.05) is 11.9 Å². The van der Waals surface area contributed by atoms with Gasteiger partial charge in [-0.15, -0.1) is 11.3 Å². The molecule has 0 fully saturated rings. The lowest BCUT2D eigenvalue weighted by molar-refractivity contribution is 0.939. The number of halogens is 1. The lowest BCUT2D eigenvalue weighted by Crippen LogP contribution is -2.15. The first kappa shape index (κ1) is 11.5. The molecule has 0 spiro atoms. The largest absolute Gasteiger partial charge is 0.369 e. The summed E-state index contributed by atoms with van der Waals surface area (Å²) in [5.74, 6) is 0. The van der Waals surface area contributed by atoms with Crippen molar-refractivity contribution in [3.05, 3.63) is 51.2 Å². The second-order valence-corrected chi connectivity index (χ2v) is 5.70. The molecule has 0 amide bonds. The second-order valence-electron chi connectivity index (χ2n) is 3.90. The SMILES string of the molecule is Cc1cccc(N(C)Cc2ccc(Cl)s2)c1. The van der Waals surface area contributed by atoms with Crippen LogP contribution in [0.25, 0.3) is 0 Å². The van der Waals surface area contributed by atoms with E-state index in [1.54, 1.807) is 11.3 Å². The third-order valence-corrected chi connectivity index (χ3v) is 3.68. The summed E-state index contributed by atoms with van der Waals surface area (Å²) in [4.78, 5) is 3.52. The van der Waals surface area contributed by atoms with Crippen molar-refractivity contribution in [3.8, 4) is 0 Å². The molecule has 0 atom stereocenters. The smallest absolute Gasteiger partial charge is 0.0931 e. The molecule has 3 heteroatoms. The summed E-state index contributed by atoms with van der Waals surface area (Å²) in [6, 6.07) is 12.5. The van der Waals surface area contributed by atoms with E-state index in [1.165, 1.54) is 16.1 Å². The average Bonchev–Trinajstić information content (AvgIpc) is 2.64. The van der Waals surface area contributed by atoms with Gasteiger partial charge >= 0.3 is 0 Å². The first-order chi connectivity index (χ1) is 7.65. The fourth-order valence-corrected chi connectivity index (χ4v) is 2.77. The van der Waals surface area contributed by atoms with E-state index in [4.69, 9.17) is 11.6 Å². The van der Waals surface area contributed by atoms with Crippen molar-refractivity contribution < 1.29 is 0 Å². The number of hydrogen-bond donors (Lipinski definition) is 0. The molecule has 0 aliphatic heterocycles. The molecule has 0 aliphatic carbocycles. The summed E-state index contributed by atoms with van der Waals surface area (Å²) in [5, 5.41) is 0. The van der Waals surface area contributed by atoms with Crippen LogP contribution in [-0.2, 0) is 6.54 Å². The first-order valence-electron chi connectivity index (χ1n) is 5.17. The summed E-state index contributed by atoms with van der Waals surface area (Å²) in [6.07, 6.45) is 0. The van der Waals surface area contributed by atoms with E-state index in [-0.39, 0.29) is 0 Å². The third-order valence-electron chi connectivity index (χ3n) is 2.46. The number of nitrogens with zero attached hydrogens (tertiary/aromatic N) is 1. The minimum absolute atomic E-state index is 0.854. The summed E-state index contributed by atoms with van der Waals surface area (Å²) in [7, 11) is 2.10. The van der Waals surface area contributed by atoms with Crippen LogP contribution in [0.4, 0.5) is 5.69 Å². The Hall–Kier alpha value is -0.990. The van der Waals surface area contributed by atoms with Gasteiger partial charge in [0, 0.05) is 17.6 Å². The van der Waals surface area contributed by atoms with E-state index in [2.05, 4.69) is 49.2 Å². The number of anilines is 1. The van der Waals surface area contributed by atoms with Crippen LogP contribution in [0.15, 0.2) is 36.4 Å². The number of aryl methyl sites for hydroxylation is 1. The molecule has 1 heterocycles. The van der Waals surface area contributed by atoms with Gasteiger partial charge in [0.1, 0.15) is 0 Å². The second kappa shape index (κ2) is 4.89. The zero-order valence-corrected chi connectivity index (χ0v) is 11.0. The molecular formula is C13H14ClNS. The zero-order valence-electron chi connectivity index (χ0n) is 9.40. The van der Waals surface area contributed by atoms with Gasteiger partial charge in [0.05, 0.1) is 10.9 Å². The topological polar surface area (TPSA) is 3.24 Å². The Morgan fingerprint density at radius 2 is 2.06 bits per heavy atom. The minimum atomic E-state index is 0.854. The molecule has 0 bridgehead atoms. The van der Waals surface area contributed by atoms with Crippen LogP contribution in [0.3, 0.4) is 0 Å². The molecule has 0 radical (unpaired) electrons. The minimum Gasteiger partial charge on any atom is -0.369 e. The molecule has 84 valence electrons. The quantitative estimate of drug-likeness (QED) is 0.784. The average molecular weight is 252 g/mol. The Morgan fingerprint density at radius 1 is 1.25 bits per heavy atom. The molecule has 0 saturated carbocycles. The van der Waals surface area contributed by atoms with Crippen LogP contribution < -0.4 is 4.90 Å². The van der Waals surface area contributed by atoms with Gasteiger partial charge in [-0.2, -0.15) is 0 Å². The summed E-state index contributed by atoms with van der Waals surface area (Å²) in [6.45, 7) is 3.01. The van der Waals surface area contributed by atoms with Gasteiger partial charge in [-0.1, -0.05) is 23.7 Å². The van der Waals surface area contributed by atoms with Crippen LogP contribution in [0.5, 0.6) is 0 Å². The number of hydrogen-bond acceptors (Lipinski definition) is 2. The maximum absolute atomic E-state index is 5.92. The Morgan fingerprint density at radius 3 is 2.69 bits per heavy atom. The van der Waals surface area contributed by atoms with E-state index >= 15 is 0 Å². The number of rotatable bonds is 3. The van der Waals surface area contributed by atoms with Crippen molar-refractivity contribution in [2.45, 2.75) is 13.5 Å². The van der Waals surface area contributed by atoms with Gasteiger partial charge in [0.15, 0.2) is 0 Å². The Bertz CT molecular complexity index is 478. The van der Waals surface area contributed by atoms with E-state index in [0.717, 1.165) is 10.9 Å². The molecule has 2 rings (SSSR count). The fourth-order valence-electron chi connectivity index (χ4n) is 1.63. The van der Waals surface area contributed by atoms with Crippen LogP contribution in [0.1, 0.15) is 10.4 Å². The molecule has 1 nitrogen and oxygen atoms in total. The molecule has 0 unspecified atom stereocenters. The highest BCUT2D eigenvalue weighted by molar-refractivity contribution is 7.16. The molecule has 2 aromatic rings. The standard InChI is InChI=1S/C13H14ClNS/c1-10-4-3-5-11(8-10)15(2)9-12-6-7-13(14)16-12/h3-8H,9H2,1-2H3. The highest BCUT2D eigenvalue weighted by Gasteiger charge is 2.04. The van der Waals surface area contributed by atoms with Crippen LogP contribution in [0, 0.1) is 6.92 Å². The normalized spacial score (nSPS) is 10.4. The first-order valence-corrected chi connectivity index (χ1v) is 6.36. The maximum atomic E-state index is 5.92. The number of thiophene rings is 1. The van der Waals surface area contributed by atoms with Gasteiger partial charge in [0.2, 0.25) is 0 Å². The summed E-state index contributed by atoms with van der Waals surface area (Å²) in [5.41, 5.74) is 2.53. The Balaban J connectivity index is 2.11. The fraction of sp³-hybridized carbons (Fsp3) is 0.231. The van der Waals surface area contributed by atoms with E-state index in [0.29, 0.717) is 0 Å². The van der Waals surface area contributed by atoms with Crippen molar-refractivity contribution in [1.82, 2.24) is 0 Å². The molecule has 0 saturated heterocycles. The predicted molar refractivity (Wildman–Crippen MR) is 72.6 cm³/mol. The van der Waals surface area contributed by atoms with E-state index in [9.17, 15) is 0 Å². The van der Waals surface area contributed by atoms with E-state index < -0.39 is 0 Å². The van der Waals surface area contributed by atoms with Crippen LogP contribution in [0.2, 0.25) is 4.34 Å². The zero-order chi connectivity index (χ0) is 11.5.